The van der Waals surface area contributed by atoms with E-state index < -0.39 is 15.9 Å². The van der Waals surface area contributed by atoms with Gasteiger partial charge in [0.2, 0.25) is 15.9 Å². The predicted octanol–water partition coefficient (Wildman–Crippen LogP) is 3.62. The van der Waals surface area contributed by atoms with Gasteiger partial charge in [-0.1, -0.05) is 30.7 Å². The fourth-order valence-electron chi connectivity index (χ4n) is 2.43. The molecule has 5 nitrogen and oxygen atoms in total. The molecule has 0 unspecified atom stereocenters. The number of amides is 1. The Morgan fingerprint density at radius 3 is 2.32 bits per heavy atom. The average Bonchev–Trinajstić information content (AvgIpc) is 2.53. The van der Waals surface area contributed by atoms with Crippen LogP contribution in [-0.4, -0.2) is 27.1 Å². The highest BCUT2D eigenvalue weighted by atomic mass is 35.5. The van der Waals surface area contributed by atoms with E-state index in [9.17, 15) is 13.2 Å². The first kappa shape index (κ1) is 19.3. The normalized spacial score (nSPS) is 11.2. The first-order chi connectivity index (χ1) is 11.7. The van der Waals surface area contributed by atoms with Crippen molar-refractivity contribution in [3.63, 3.8) is 0 Å². The summed E-state index contributed by atoms with van der Waals surface area (Å²) in [6.45, 7) is 3.49. The molecule has 0 spiro atoms. The number of halogens is 1. The molecule has 134 valence electrons. The molecule has 0 aromatic heterocycles. The van der Waals surface area contributed by atoms with Crippen LogP contribution in [0.2, 0.25) is 5.02 Å². The molecule has 0 bridgehead atoms. The number of carbonyl (C=O) groups excluding carboxylic acids is 1. The summed E-state index contributed by atoms with van der Waals surface area (Å²) in [5.74, 6) is -0.413. The van der Waals surface area contributed by atoms with E-state index in [0.717, 1.165) is 22.5 Å². The fraction of sp³-hybridized carbons (Fsp3) is 0.278. The first-order valence-corrected chi connectivity index (χ1v) is 10.1. The quantitative estimate of drug-likeness (QED) is 0.832. The summed E-state index contributed by atoms with van der Waals surface area (Å²) < 4.78 is 25.4. The van der Waals surface area contributed by atoms with E-state index in [1.807, 2.05) is 19.1 Å². The molecule has 25 heavy (non-hydrogen) atoms. The number of hydrogen-bond donors (Lipinski definition) is 1. The Bertz CT molecular complexity index is 864. The number of nitrogens with zero attached hydrogens (tertiary/aromatic N) is 1. The first-order valence-electron chi connectivity index (χ1n) is 7.83. The van der Waals surface area contributed by atoms with Gasteiger partial charge in [0.25, 0.3) is 0 Å². The lowest BCUT2D eigenvalue weighted by atomic mass is 10.1. The van der Waals surface area contributed by atoms with E-state index in [0.29, 0.717) is 22.0 Å². The van der Waals surface area contributed by atoms with Gasteiger partial charge in [0.05, 0.1) is 11.9 Å². The Labute approximate surface area is 153 Å². The van der Waals surface area contributed by atoms with Gasteiger partial charge in [-0.05, 0) is 54.8 Å². The Kier molecular flexibility index (Phi) is 6.08. The lowest BCUT2D eigenvalue weighted by Crippen LogP contribution is -2.37. The zero-order valence-electron chi connectivity index (χ0n) is 14.4. The summed E-state index contributed by atoms with van der Waals surface area (Å²) in [4.78, 5) is 12.3. The van der Waals surface area contributed by atoms with Crippen LogP contribution in [-0.2, 0) is 21.2 Å². The monoisotopic (exact) mass is 380 g/mol. The largest absolute Gasteiger partial charge is 0.325 e. The maximum Gasteiger partial charge on any atom is 0.245 e. The third-order valence-corrected chi connectivity index (χ3v) is 5.12. The number of rotatable bonds is 6. The second-order valence-electron chi connectivity index (χ2n) is 5.80. The molecule has 0 saturated heterocycles. The summed E-state index contributed by atoms with van der Waals surface area (Å²) in [5.41, 5.74) is 2.90. The van der Waals surface area contributed by atoms with Crippen LogP contribution in [0.5, 0.6) is 0 Å². The van der Waals surface area contributed by atoms with Gasteiger partial charge in [-0.15, -0.1) is 0 Å². The molecule has 0 aliphatic rings. The minimum Gasteiger partial charge on any atom is -0.325 e. The van der Waals surface area contributed by atoms with E-state index in [1.165, 1.54) is 0 Å². The molecule has 0 atom stereocenters. The minimum atomic E-state index is -3.62. The molecule has 0 saturated carbocycles. The van der Waals surface area contributed by atoms with Crippen molar-refractivity contribution in [1.29, 1.82) is 0 Å². The summed E-state index contributed by atoms with van der Waals surface area (Å²) in [6.07, 6.45) is 1.98. The Morgan fingerprint density at radius 1 is 1.16 bits per heavy atom. The van der Waals surface area contributed by atoms with E-state index in [1.54, 1.807) is 37.3 Å². The van der Waals surface area contributed by atoms with Crippen LogP contribution in [0.25, 0.3) is 0 Å². The zero-order chi connectivity index (χ0) is 18.6. The zero-order valence-corrected chi connectivity index (χ0v) is 16.0. The molecule has 0 heterocycles. The third-order valence-electron chi connectivity index (χ3n) is 3.76. The van der Waals surface area contributed by atoms with Gasteiger partial charge >= 0.3 is 0 Å². The van der Waals surface area contributed by atoms with Crippen molar-refractivity contribution in [2.45, 2.75) is 20.3 Å². The van der Waals surface area contributed by atoms with Crippen molar-refractivity contribution in [3.8, 4) is 0 Å². The van der Waals surface area contributed by atoms with Gasteiger partial charge in [0.15, 0.2) is 0 Å². The highest BCUT2D eigenvalue weighted by Crippen LogP contribution is 2.25. The third kappa shape index (κ3) is 5.21. The molecule has 0 aliphatic heterocycles. The molecule has 0 radical (unpaired) electrons. The van der Waals surface area contributed by atoms with Crippen molar-refractivity contribution in [2.24, 2.45) is 0 Å². The molecule has 2 aromatic rings. The van der Waals surface area contributed by atoms with Crippen molar-refractivity contribution >= 4 is 38.9 Å². The van der Waals surface area contributed by atoms with Gasteiger partial charge in [-0.3, -0.25) is 9.10 Å². The maximum atomic E-state index is 12.3. The van der Waals surface area contributed by atoms with Gasteiger partial charge in [0, 0.05) is 10.7 Å². The Hall–Kier alpha value is -2.05. The molecule has 1 amide bonds. The van der Waals surface area contributed by atoms with Gasteiger partial charge in [0.1, 0.15) is 6.54 Å². The Morgan fingerprint density at radius 2 is 1.80 bits per heavy atom. The molecule has 0 fully saturated rings. The highest BCUT2D eigenvalue weighted by Gasteiger charge is 2.22. The topological polar surface area (TPSA) is 66.5 Å². The molecule has 1 N–H and O–H groups in total. The molecular weight excluding hydrogens is 360 g/mol. The van der Waals surface area contributed by atoms with Gasteiger partial charge < -0.3 is 5.32 Å². The van der Waals surface area contributed by atoms with Crippen LogP contribution in [0.4, 0.5) is 11.4 Å². The summed E-state index contributed by atoms with van der Waals surface area (Å²) in [6, 6.07) is 12.3. The van der Waals surface area contributed by atoms with Crippen LogP contribution in [0, 0.1) is 6.92 Å². The summed E-state index contributed by atoms with van der Waals surface area (Å²) in [7, 11) is -3.62. The number of benzene rings is 2. The second-order valence-corrected chi connectivity index (χ2v) is 8.14. The number of anilines is 2. The average molecular weight is 381 g/mol. The molecule has 0 aliphatic carbocycles. The highest BCUT2D eigenvalue weighted by molar-refractivity contribution is 7.92. The number of aryl methyl sites for hydroxylation is 2. The van der Waals surface area contributed by atoms with E-state index in [4.69, 9.17) is 11.6 Å². The lowest BCUT2D eigenvalue weighted by molar-refractivity contribution is -0.114. The Balaban J connectivity index is 2.20. The van der Waals surface area contributed by atoms with Crippen LogP contribution in [0.15, 0.2) is 42.5 Å². The number of nitrogens with one attached hydrogen (secondary N) is 1. The van der Waals surface area contributed by atoms with Crippen molar-refractivity contribution in [2.75, 3.05) is 22.4 Å². The van der Waals surface area contributed by atoms with Crippen LogP contribution in [0.3, 0.4) is 0 Å². The van der Waals surface area contributed by atoms with E-state index >= 15 is 0 Å². The minimum absolute atomic E-state index is 0.309. The van der Waals surface area contributed by atoms with Crippen molar-refractivity contribution in [3.05, 3.63) is 58.6 Å². The van der Waals surface area contributed by atoms with E-state index in [2.05, 4.69) is 5.32 Å². The smallest absolute Gasteiger partial charge is 0.245 e. The van der Waals surface area contributed by atoms with Crippen LogP contribution >= 0.6 is 11.6 Å². The van der Waals surface area contributed by atoms with E-state index in [-0.39, 0.29) is 6.54 Å². The molecule has 2 aromatic carbocycles. The standard InChI is InChI=1S/C18H21ClN2O3S/c1-4-14-5-8-16(9-6-14)20-18(22)12-21(25(3,23)24)17-10-7-15(19)11-13(17)2/h5-11H,4,12H2,1-3H3,(H,20,22). The number of sulfonamides is 1. The van der Waals surface area contributed by atoms with Gasteiger partial charge in [-0.25, -0.2) is 8.42 Å². The molecule has 2 rings (SSSR count). The van der Waals surface area contributed by atoms with Crippen molar-refractivity contribution in [1.82, 2.24) is 0 Å². The molecule has 7 heteroatoms. The maximum absolute atomic E-state index is 12.3. The summed E-state index contributed by atoms with van der Waals surface area (Å²) in [5, 5.41) is 3.23. The van der Waals surface area contributed by atoms with Crippen LogP contribution in [0.1, 0.15) is 18.1 Å². The fourth-order valence-corrected chi connectivity index (χ4v) is 3.58. The van der Waals surface area contributed by atoms with Crippen LogP contribution < -0.4 is 9.62 Å². The number of carbonyl (C=O) groups is 1. The predicted molar refractivity (Wildman–Crippen MR) is 103 cm³/mol. The SMILES string of the molecule is CCc1ccc(NC(=O)CN(c2ccc(Cl)cc2C)S(C)(=O)=O)cc1. The summed E-state index contributed by atoms with van der Waals surface area (Å²) >= 11 is 5.93. The number of hydrogen-bond acceptors (Lipinski definition) is 3. The lowest BCUT2D eigenvalue weighted by Gasteiger charge is -2.23. The van der Waals surface area contributed by atoms with Crippen molar-refractivity contribution < 1.29 is 13.2 Å². The van der Waals surface area contributed by atoms with Gasteiger partial charge in [-0.2, -0.15) is 0 Å². The molecular formula is C18H21ClN2O3S. The second kappa shape index (κ2) is 7.89.